The highest BCUT2D eigenvalue weighted by atomic mass is 32.2. The minimum Gasteiger partial charge on any atom is -0.339 e. The molecule has 202 valence electrons. The van der Waals surface area contributed by atoms with Crippen LogP contribution in [0.3, 0.4) is 0 Å². The van der Waals surface area contributed by atoms with Crippen LogP contribution >= 0.6 is 11.8 Å². The Balaban J connectivity index is 1.55. The number of nitrogens with zero attached hydrogens (tertiary/aromatic N) is 1. The lowest BCUT2D eigenvalue weighted by atomic mass is 10.1. The fraction of sp³-hybridized carbons (Fsp3) is 0.296. The van der Waals surface area contributed by atoms with Gasteiger partial charge in [0.15, 0.2) is 0 Å². The number of hydrogen-bond donors (Lipinski definition) is 2. The first kappa shape index (κ1) is 28.0. The molecule has 0 unspecified atom stereocenters. The largest absolute Gasteiger partial charge is 0.339 e. The Kier molecular flexibility index (Phi) is 8.39. The van der Waals surface area contributed by atoms with E-state index in [1.807, 2.05) is 38.3 Å². The highest BCUT2D eigenvalue weighted by Crippen LogP contribution is 2.28. The first-order valence-electron chi connectivity index (χ1n) is 12.2. The third-order valence-corrected chi connectivity index (χ3v) is 10.0. The van der Waals surface area contributed by atoms with E-state index in [0.29, 0.717) is 29.2 Å². The first-order chi connectivity index (χ1) is 18.0. The van der Waals surface area contributed by atoms with Gasteiger partial charge in [-0.25, -0.2) is 16.8 Å². The lowest BCUT2D eigenvalue weighted by Gasteiger charge is -2.27. The van der Waals surface area contributed by atoms with E-state index in [4.69, 9.17) is 0 Å². The molecule has 4 rings (SSSR count). The van der Waals surface area contributed by atoms with Crippen molar-refractivity contribution >= 4 is 49.1 Å². The number of amides is 1. The molecule has 1 fully saturated rings. The fourth-order valence-electron chi connectivity index (χ4n) is 4.37. The van der Waals surface area contributed by atoms with Crippen LogP contribution in [0.5, 0.6) is 0 Å². The number of hydrogen-bond acceptors (Lipinski definition) is 6. The number of thioether (sulfide) groups is 1. The quantitative estimate of drug-likeness (QED) is 0.356. The molecule has 0 saturated carbocycles. The molecule has 3 aromatic carbocycles. The summed E-state index contributed by atoms with van der Waals surface area (Å²) in [5.41, 5.74) is 2.67. The summed E-state index contributed by atoms with van der Waals surface area (Å²) in [4.78, 5) is 15.6. The molecule has 2 N–H and O–H groups in total. The number of likely N-dealkylation sites (tertiary alicyclic amines) is 1. The average molecular weight is 574 g/mol. The van der Waals surface area contributed by atoms with Crippen LogP contribution in [0.15, 0.2) is 75.4 Å². The molecule has 1 heterocycles. The van der Waals surface area contributed by atoms with Crippen LogP contribution in [-0.4, -0.2) is 47.0 Å². The fourth-order valence-corrected chi connectivity index (χ4v) is 7.23. The first-order valence-corrected chi connectivity index (χ1v) is 16.4. The number of carbonyl (C=O) groups excluding carboxylic acids is 1. The highest BCUT2D eigenvalue weighted by molar-refractivity contribution is 7.98. The summed E-state index contributed by atoms with van der Waals surface area (Å²) in [5.74, 6) is -0.169. The monoisotopic (exact) mass is 573 g/mol. The van der Waals surface area contributed by atoms with E-state index in [1.165, 1.54) is 48.2 Å². The molecule has 0 aliphatic carbocycles. The molecule has 38 heavy (non-hydrogen) atoms. The summed E-state index contributed by atoms with van der Waals surface area (Å²) < 4.78 is 57.3. The predicted molar refractivity (Wildman–Crippen MR) is 152 cm³/mol. The minimum atomic E-state index is -4.03. The Labute approximate surface area is 228 Å². The van der Waals surface area contributed by atoms with E-state index in [9.17, 15) is 21.6 Å². The van der Waals surface area contributed by atoms with E-state index in [2.05, 4.69) is 9.44 Å². The van der Waals surface area contributed by atoms with Crippen LogP contribution in [0.25, 0.3) is 0 Å². The summed E-state index contributed by atoms with van der Waals surface area (Å²) in [6, 6.07) is 15.5. The second-order valence-electron chi connectivity index (χ2n) is 9.22. The smallest absolute Gasteiger partial charge is 0.261 e. The zero-order valence-corrected chi connectivity index (χ0v) is 24.0. The van der Waals surface area contributed by atoms with Crippen molar-refractivity contribution in [2.24, 2.45) is 0 Å². The summed E-state index contributed by atoms with van der Waals surface area (Å²) in [6.07, 6.45) is 4.80. The van der Waals surface area contributed by atoms with Gasteiger partial charge < -0.3 is 4.90 Å². The number of carbonyl (C=O) groups is 1. The van der Waals surface area contributed by atoms with E-state index < -0.39 is 20.0 Å². The number of para-hydroxylation sites is 1. The van der Waals surface area contributed by atoms with Gasteiger partial charge in [-0.2, -0.15) is 0 Å². The molecule has 0 aromatic heterocycles. The standard InChI is InChI=1S/C27H31N3O5S3/c1-19-8-7-9-20(2)26(19)29-37(32,33)22-12-10-21(11-13-22)28-38(34,35)23-14-15-25(36-3)24(18-23)27(31)30-16-5-4-6-17-30/h7-15,18,28-29H,4-6,16-17H2,1-3H3. The van der Waals surface area contributed by atoms with Gasteiger partial charge >= 0.3 is 0 Å². The number of anilines is 2. The molecule has 0 spiro atoms. The molecule has 3 aromatic rings. The van der Waals surface area contributed by atoms with Gasteiger partial charge in [-0.3, -0.25) is 14.2 Å². The van der Waals surface area contributed by atoms with Crippen molar-refractivity contribution < 1.29 is 21.6 Å². The second kappa shape index (κ2) is 11.4. The van der Waals surface area contributed by atoms with Crippen LogP contribution in [0.4, 0.5) is 11.4 Å². The third-order valence-electron chi connectivity index (χ3n) is 6.49. The molecule has 1 amide bonds. The summed E-state index contributed by atoms with van der Waals surface area (Å²) in [6.45, 7) is 4.96. The van der Waals surface area contributed by atoms with Crippen LogP contribution in [0.2, 0.25) is 0 Å². The molecule has 1 aliphatic heterocycles. The van der Waals surface area contributed by atoms with Gasteiger partial charge in [-0.1, -0.05) is 18.2 Å². The number of piperidine rings is 1. The van der Waals surface area contributed by atoms with Gasteiger partial charge in [0.1, 0.15) is 0 Å². The van der Waals surface area contributed by atoms with Gasteiger partial charge in [0.25, 0.3) is 26.0 Å². The molecule has 0 atom stereocenters. The van der Waals surface area contributed by atoms with Crippen LogP contribution in [-0.2, 0) is 20.0 Å². The molecule has 1 saturated heterocycles. The maximum absolute atomic E-state index is 13.2. The normalized spacial score (nSPS) is 14.2. The number of nitrogens with one attached hydrogen (secondary N) is 2. The van der Waals surface area contributed by atoms with E-state index in [1.54, 1.807) is 11.0 Å². The number of sulfonamides is 2. The van der Waals surface area contributed by atoms with Gasteiger partial charge in [0.2, 0.25) is 0 Å². The van der Waals surface area contributed by atoms with Gasteiger partial charge in [0, 0.05) is 23.7 Å². The van der Waals surface area contributed by atoms with E-state index in [-0.39, 0.29) is 21.4 Å². The SMILES string of the molecule is CSc1ccc(S(=O)(=O)Nc2ccc(S(=O)(=O)Nc3c(C)cccc3C)cc2)cc1C(=O)N1CCCCC1. The summed E-state index contributed by atoms with van der Waals surface area (Å²) in [7, 11) is -7.90. The summed E-state index contributed by atoms with van der Waals surface area (Å²) in [5, 5.41) is 0. The number of rotatable bonds is 8. The molecule has 0 radical (unpaired) electrons. The highest BCUT2D eigenvalue weighted by Gasteiger charge is 2.24. The Morgan fingerprint density at radius 2 is 1.37 bits per heavy atom. The molecule has 0 bridgehead atoms. The zero-order valence-electron chi connectivity index (χ0n) is 21.5. The lowest BCUT2D eigenvalue weighted by molar-refractivity contribution is 0.0720. The Bertz CT molecular complexity index is 1530. The maximum Gasteiger partial charge on any atom is 0.261 e. The van der Waals surface area contributed by atoms with Crippen molar-refractivity contribution in [3.63, 3.8) is 0 Å². The van der Waals surface area contributed by atoms with Crippen LogP contribution in [0.1, 0.15) is 40.7 Å². The Hall–Kier alpha value is -3.02. The molecule has 1 aliphatic rings. The summed E-state index contributed by atoms with van der Waals surface area (Å²) >= 11 is 1.39. The van der Waals surface area contributed by atoms with Crippen molar-refractivity contribution in [1.29, 1.82) is 0 Å². The van der Waals surface area contributed by atoms with Gasteiger partial charge in [0.05, 0.1) is 21.0 Å². The Morgan fingerprint density at radius 1 is 0.789 bits per heavy atom. The van der Waals surface area contributed by atoms with E-state index >= 15 is 0 Å². The van der Waals surface area contributed by atoms with Crippen molar-refractivity contribution in [2.45, 2.75) is 47.8 Å². The predicted octanol–water partition coefficient (Wildman–Crippen LogP) is 5.25. The van der Waals surface area contributed by atoms with Crippen molar-refractivity contribution in [3.05, 3.63) is 77.4 Å². The molecular weight excluding hydrogens is 543 g/mol. The van der Waals surface area contributed by atoms with Gasteiger partial charge in [-0.15, -0.1) is 11.8 Å². The van der Waals surface area contributed by atoms with Crippen molar-refractivity contribution in [1.82, 2.24) is 4.90 Å². The Morgan fingerprint density at radius 3 is 1.97 bits per heavy atom. The minimum absolute atomic E-state index is 0.00170. The number of aryl methyl sites for hydroxylation is 2. The topological polar surface area (TPSA) is 113 Å². The zero-order chi connectivity index (χ0) is 27.5. The maximum atomic E-state index is 13.2. The van der Waals surface area contributed by atoms with Crippen molar-refractivity contribution in [3.8, 4) is 0 Å². The van der Waals surface area contributed by atoms with Crippen LogP contribution < -0.4 is 9.44 Å². The average Bonchev–Trinajstić information content (AvgIpc) is 2.90. The molecule has 8 nitrogen and oxygen atoms in total. The number of benzene rings is 3. The molecular formula is C27H31N3O5S3. The van der Waals surface area contributed by atoms with Gasteiger partial charge in [-0.05, 0) is 93.0 Å². The van der Waals surface area contributed by atoms with Crippen molar-refractivity contribution in [2.75, 3.05) is 28.8 Å². The van der Waals surface area contributed by atoms with Crippen LogP contribution in [0, 0.1) is 13.8 Å². The molecule has 11 heteroatoms. The lowest BCUT2D eigenvalue weighted by Crippen LogP contribution is -2.36. The second-order valence-corrected chi connectivity index (χ2v) is 13.4. The third kappa shape index (κ3) is 6.16. The van der Waals surface area contributed by atoms with E-state index in [0.717, 1.165) is 30.4 Å².